The summed E-state index contributed by atoms with van der Waals surface area (Å²) in [5.74, 6) is -1.53. The second kappa shape index (κ2) is 12.6. The van der Waals surface area contributed by atoms with Crippen LogP contribution in [-0.4, -0.2) is 63.5 Å². The number of benzene rings is 2. The van der Waals surface area contributed by atoms with Crippen LogP contribution in [0.3, 0.4) is 0 Å². The molecule has 0 spiro atoms. The Hall–Kier alpha value is -4.11. The minimum absolute atomic E-state index is 0.123. The van der Waals surface area contributed by atoms with Crippen LogP contribution in [0.4, 0.5) is 18.4 Å². The van der Waals surface area contributed by atoms with Gasteiger partial charge in [0.05, 0.1) is 11.7 Å². The van der Waals surface area contributed by atoms with Crippen LogP contribution in [0.2, 0.25) is 0 Å². The van der Waals surface area contributed by atoms with Crippen molar-refractivity contribution in [1.29, 1.82) is 0 Å². The van der Waals surface area contributed by atoms with Gasteiger partial charge in [0.1, 0.15) is 0 Å². The molecule has 1 aliphatic carbocycles. The number of hydrogen-bond acceptors (Lipinski definition) is 4. The predicted molar refractivity (Wildman–Crippen MR) is 161 cm³/mol. The lowest BCUT2D eigenvalue weighted by molar-refractivity contribution is 0.154. The molecule has 43 heavy (non-hydrogen) atoms. The molecule has 2 aliphatic heterocycles. The van der Waals surface area contributed by atoms with Crippen molar-refractivity contribution in [3.8, 4) is 0 Å². The maximum atomic E-state index is 14.2. The van der Waals surface area contributed by atoms with Crippen molar-refractivity contribution in [2.75, 3.05) is 19.6 Å². The molecule has 1 aromatic heterocycles. The number of aromatic nitrogens is 1. The third kappa shape index (κ3) is 6.18. The lowest BCUT2D eigenvalue weighted by Gasteiger charge is -2.38. The van der Waals surface area contributed by atoms with E-state index < -0.39 is 23.7 Å². The molecule has 0 radical (unpaired) electrons. The van der Waals surface area contributed by atoms with Crippen molar-refractivity contribution in [2.24, 2.45) is 0 Å². The molecule has 1 saturated heterocycles. The Balaban J connectivity index is 1.15. The van der Waals surface area contributed by atoms with E-state index in [0.29, 0.717) is 18.5 Å². The van der Waals surface area contributed by atoms with Crippen molar-refractivity contribution in [3.63, 3.8) is 0 Å². The fourth-order valence-electron chi connectivity index (χ4n) is 6.75. The first-order valence-corrected chi connectivity index (χ1v) is 15.2. The number of rotatable bonds is 6. The molecule has 2 atom stereocenters. The summed E-state index contributed by atoms with van der Waals surface area (Å²) in [5.41, 5.74) is 2.62. The van der Waals surface area contributed by atoms with E-state index >= 15 is 0 Å². The molecule has 4 amide bonds. The quantitative estimate of drug-likeness (QED) is 0.349. The van der Waals surface area contributed by atoms with Crippen LogP contribution in [0.15, 0.2) is 79.0 Å². The van der Waals surface area contributed by atoms with E-state index in [9.17, 15) is 18.4 Å². The minimum Gasteiger partial charge on any atom is -0.333 e. The van der Waals surface area contributed by atoms with E-state index in [0.717, 1.165) is 61.2 Å². The van der Waals surface area contributed by atoms with Crippen LogP contribution in [0.5, 0.6) is 0 Å². The summed E-state index contributed by atoms with van der Waals surface area (Å²) in [4.78, 5) is 37.4. The molecule has 224 valence electrons. The number of carbonyl (C=O) groups is 2. The highest BCUT2D eigenvalue weighted by atomic mass is 19.2. The highest BCUT2D eigenvalue weighted by molar-refractivity contribution is 6.04. The number of amides is 4. The number of pyridine rings is 1. The number of halogens is 2. The van der Waals surface area contributed by atoms with Gasteiger partial charge in [-0.3, -0.25) is 9.88 Å². The second-order valence-corrected chi connectivity index (χ2v) is 11.8. The van der Waals surface area contributed by atoms with E-state index in [1.54, 1.807) is 11.0 Å². The zero-order valence-corrected chi connectivity index (χ0v) is 24.3. The minimum atomic E-state index is -1.03. The number of urea groups is 2. The maximum Gasteiger partial charge on any atom is 0.333 e. The van der Waals surface area contributed by atoms with Crippen LogP contribution in [0, 0.1) is 11.6 Å². The molecule has 1 N–H and O–H groups in total. The zero-order chi connectivity index (χ0) is 29.9. The average molecular weight is 586 g/mol. The molecular formula is C34H37F2N5O2. The normalized spacial score (nSPS) is 23.7. The number of likely N-dealkylation sites (tertiary alicyclic amines) is 1. The zero-order valence-electron chi connectivity index (χ0n) is 24.3. The Morgan fingerprint density at radius 1 is 0.953 bits per heavy atom. The standard InChI is InChI=1S/C34H37F2N5O2/c1-23(24-7-3-2-4-8-24)40-20-17-32(26-12-15-29(35)30(36)21-26)41(34(40)43)33(42)38-27-16-19-39(22-27)28-13-10-25(11-14-28)31-9-5-6-18-37-31/h2-9,12,15,17-18,21,23,25,27-28H,10-11,13-14,16,19-20,22H2,1H3,(H,38,42)/t23-,25-,27-,28-/m1/s1. The number of imide groups is 1. The van der Waals surface area contributed by atoms with Crippen molar-refractivity contribution in [3.05, 3.63) is 107 Å². The SMILES string of the molecule is C[C@H](c1ccccc1)N1CC=C(c2ccc(F)c(F)c2)N(C(=O)N[C@@H]2CCN([C@H]3CC[C@H](c4ccccn4)CC3)C2)C1=O. The molecule has 2 aromatic carbocycles. The van der Waals surface area contributed by atoms with Gasteiger partial charge in [0, 0.05) is 55.1 Å². The van der Waals surface area contributed by atoms with E-state index in [4.69, 9.17) is 0 Å². The molecule has 0 unspecified atom stereocenters. The van der Waals surface area contributed by atoms with Gasteiger partial charge in [0.25, 0.3) is 0 Å². The number of hydrogen-bond donors (Lipinski definition) is 1. The molecule has 3 heterocycles. The Morgan fingerprint density at radius 3 is 2.44 bits per heavy atom. The van der Waals surface area contributed by atoms with E-state index in [2.05, 4.69) is 21.3 Å². The second-order valence-electron chi connectivity index (χ2n) is 11.8. The molecule has 2 fully saturated rings. The molecule has 3 aromatic rings. The molecule has 9 heteroatoms. The first-order valence-electron chi connectivity index (χ1n) is 15.2. The Labute approximate surface area is 251 Å². The van der Waals surface area contributed by atoms with Gasteiger partial charge in [0.15, 0.2) is 11.6 Å². The van der Waals surface area contributed by atoms with Gasteiger partial charge < -0.3 is 10.2 Å². The van der Waals surface area contributed by atoms with E-state index in [1.165, 1.54) is 11.8 Å². The van der Waals surface area contributed by atoms with Crippen molar-refractivity contribution in [2.45, 2.75) is 63.1 Å². The first kappa shape index (κ1) is 29.0. The summed E-state index contributed by atoms with van der Waals surface area (Å²) >= 11 is 0. The van der Waals surface area contributed by atoms with Crippen LogP contribution >= 0.6 is 0 Å². The molecule has 0 bridgehead atoms. The average Bonchev–Trinajstić information content (AvgIpc) is 3.51. The summed E-state index contributed by atoms with van der Waals surface area (Å²) < 4.78 is 28.0. The van der Waals surface area contributed by atoms with Gasteiger partial charge in [-0.25, -0.2) is 23.3 Å². The summed E-state index contributed by atoms with van der Waals surface area (Å²) in [5, 5.41) is 3.09. The maximum absolute atomic E-state index is 14.2. The lowest BCUT2D eigenvalue weighted by atomic mass is 9.83. The summed E-state index contributed by atoms with van der Waals surface area (Å²) in [7, 11) is 0. The van der Waals surface area contributed by atoms with Gasteiger partial charge in [-0.2, -0.15) is 0 Å². The van der Waals surface area contributed by atoms with E-state index in [-0.39, 0.29) is 29.9 Å². The fourth-order valence-corrected chi connectivity index (χ4v) is 6.75. The molecule has 1 saturated carbocycles. The highest BCUT2D eigenvalue weighted by Crippen LogP contribution is 2.35. The van der Waals surface area contributed by atoms with Gasteiger partial charge in [-0.05, 0) is 81.0 Å². The Kier molecular flexibility index (Phi) is 8.51. The molecule has 3 aliphatic rings. The summed E-state index contributed by atoms with van der Waals surface area (Å²) in [6.07, 6.45) is 8.72. The molecule has 7 nitrogen and oxygen atoms in total. The van der Waals surface area contributed by atoms with Crippen LogP contribution in [0.25, 0.3) is 5.70 Å². The van der Waals surface area contributed by atoms with Gasteiger partial charge >= 0.3 is 12.1 Å². The third-order valence-electron chi connectivity index (χ3n) is 9.19. The van der Waals surface area contributed by atoms with Crippen LogP contribution < -0.4 is 5.32 Å². The van der Waals surface area contributed by atoms with Gasteiger partial charge in [0.2, 0.25) is 0 Å². The van der Waals surface area contributed by atoms with Crippen LogP contribution in [-0.2, 0) is 0 Å². The molecular weight excluding hydrogens is 548 g/mol. The Bertz CT molecular complexity index is 1480. The van der Waals surface area contributed by atoms with Gasteiger partial charge in [-0.15, -0.1) is 0 Å². The number of nitrogens with zero attached hydrogens (tertiary/aromatic N) is 4. The largest absolute Gasteiger partial charge is 0.333 e. The van der Waals surface area contributed by atoms with Crippen LogP contribution in [0.1, 0.15) is 67.8 Å². The van der Waals surface area contributed by atoms with Crippen molar-refractivity contribution < 1.29 is 18.4 Å². The highest BCUT2D eigenvalue weighted by Gasteiger charge is 2.39. The third-order valence-corrected chi connectivity index (χ3v) is 9.19. The summed E-state index contributed by atoms with van der Waals surface area (Å²) in [6, 6.07) is 18.1. The van der Waals surface area contributed by atoms with Crippen molar-refractivity contribution in [1.82, 2.24) is 25.0 Å². The lowest BCUT2D eigenvalue weighted by Crippen LogP contribution is -2.54. The topological polar surface area (TPSA) is 68.8 Å². The van der Waals surface area contributed by atoms with Gasteiger partial charge in [-0.1, -0.05) is 36.4 Å². The van der Waals surface area contributed by atoms with E-state index in [1.807, 2.05) is 55.6 Å². The summed E-state index contributed by atoms with van der Waals surface area (Å²) in [6.45, 7) is 3.73. The monoisotopic (exact) mass is 585 g/mol. The first-order chi connectivity index (χ1) is 20.9. The number of carbonyl (C=O) groups excluding carboxylic acids is 2. The fraction of sp³-hybridized carbons (Fsp3) is 0.382. The smallest absolute Gasteiger partial charge is 0.333 e. The van der Waals surface area contributed by atoms with Crippen molar-refractivity contribution >= 4 is 17.8 Å². The number of nitrogens with one attached hydrogen (secondary N) is 1. The molecule has 6 rings (SSSR count). The predicted octanol–water partition coefficient (Wildman–Crippen LogP) is 6.71. The Morgan fingerprint density at radius 2 is 1.72 bits per heavy atom.